The summed E-state index contributed by atoms with van der Waals surface area (Å²) in [6, 6.07) is 13.7. The summed E-state index contributed by atoms with van der Waals surface area (Å²) >= 11 is 3.56. The van der Waals surface area contributed by atoms with Gasteiger partial charge in [0.05, 0.1) is 18.7 Å². The number of ether oxygens (including phenoxy) is 2. The molecule has 0 spiro atoms. The van der Waals surface area contributed by atoms with Crippen molar-refractivity contribution in [3.05, 3.63) is 58.2 Å². The molecule has 6 heteroatoms. The maximum atomic E-state index is 12.7. The molecule has 0 fully saturated rings. The van der Waals surface area contributed by atoms with Crippen molar-refractivity contribution in [3.63, 3.8) is 0 Å². The Labute approximate surface area is 161 Å². The third kappa shape index (κ3) is 3.42. The molecule has 1 N–H and O–H groups in total. The van der Waals surface area contributed by atoms with E-state index in [4.69, 9.17) is 9.47 Å². The van der Waals surface area contributed by atoms with Crippen LogP contribution < -0.4 is 14.8 Å². The highest BCUT2D eigenvalue weighted by Crippen LogP contribution is 2.30. The van der Waals surface area contributed by atoms with Gasteiger partial charge in [-0.25, -0.2) is 0 Å². The zero-order valence-electron chi connectivity index (χ0n) is 15.0. The predicted molar refractivity (Wildman–Crippen MR) is 106 cm³/mol. The molecular formula is C20H21BrN2O3. The summed E-state index contributed by atoms with van der Waals surface area (Å²) in [5.74, 6) is 1.28. The van der Waals surface area contributed by atoms with Crippen molar-refractivity contribution in [2.24, 2.45) is 7.05 Å². The predicted octanol–water partition coefficient (Wildman–Crippen LogP) is 3.93. The Morgan fingerprint density at radius 3 is 2.54 bits per heavy atom. The fourth-order valence-electron chi connectivity index (χ4n) is 3.04. The highest BCUT2D eigenvalue weighted by atomic mass is 79.9. The zero-order valence-corrected chi connectivity index (χ0v) is 16.6. The molecule has 1 heterocycles. The third-order valence-corrected chi connectivity index (χ3v) is 5.21. The number of nitrogens with one attached hydrogen (secondary N) is 1. The average Bonchev–Trinajstić information content (AvgIpc) is 2.92. The van der Waals surface area contributed by atoms with E-state index >= 15 is 0 Å². The number of aryl methyl sites for hydroxylation is 1. The molecule has 0 unspecified atom stereocenters. The minimum atomic E-state index is -0.101. The van der Waals surface area contributed by atoms with Gasteiger partial charge in [-0.05, 0) is 46.1 Å². The van der Waals surface area contributed by atoms with Crippen molar-refractivity contribution in [1.29, 1.82) is 0 Å². The lowest BCUT2D eigenvalue weighted by atomic mass is 10.1. The van der Waals surface area contributed by atoms with E-state index in [0.717, 1.165) is 20.9 Å². The first kappa shape index (κ1) is 18.3. The van der Waals surface area contributed by atoms with E-state index in [1.807, 2.05) is 54.1 Å². The molecule has 0 aliphatic carbocycles. The van der Waals surface area contributed by atoms with Crippen LogP contribution >= 0.6 is 15.9 Å². The summed E-state index contributed by atoms with van der Waals surface area (Å²) in [5, 5.41) is 4.02. The molecule has 136 valence electrons. The van der Waals surface area contributed by atoms with Crippen LogP contribution in [0.1, 0.15) is 16.1 Å². The maximum Gasteiger partial charge on any atom is 0.269 e. The molecular weight excluding hydrogens is 396 g/mol. The van der Waals surface area contributed by atoms with E-state index < -0.39 is 0 Å². The third-order valence-electron chi connectivity index (χ3n) is 4.41. The second kappa shape index (κ2) is 7.83. The minimum absolute atomic E-state index is 0.101. The van der Waals surface area contributed by atoms with Gasteiger partial charge in [0.2, 0.25) is 0 Å². The molecule has 0 saturated carbocycles. The van der Waals surface area contributed by atoms with Crippen LogP contribution in [-0.4, -0.2) is 31.2 Å². The fraction of sp³-hybridized carbons (Fsp3) is 0.250. The molecule has 3 rings (SSSR count). The smallest absolute Gasteiger partial charge is 0.269 e. The first-order valence-electron chi connectivity index (χ1n) is 8.28. The second-order valence-corrected chi connectivity index (χ2v) is 6.73. The van der Waals surface area contributed by atoms with Crippen LogP contribution in [0.25, 0.3) is 10.9 Å². The normalized spacial score (nSPS) is 10.8. The number of methoxy groups -OCH3 is 2. The largest absolute Gasteiger partial charge is 0.493 e. The number of hydrogen-bond donors (Lipinski definition) is 1. The molecule has 1 aromatic heterocycles. The first-order chi connectivity index (χ1) is 12.6. The highest BCUT2D eigenvalue weighted by Gasteiger charge is 2.18. The number of benzene rings is 2. The SMILES string of the molecule is COc1ccc(CCNC(=O)c2c(Br)c3ccccc3n2C)cc1OC. The Bertz CT molecular complexity index is 911. The molecule has 0 atom stereocenters. The van der Waals surface area contributed by atoms with Crippen molar-refractivity contribution in [2.45, 2.75) is 6.42 Å². The number of carbonyl (C=O) groups excluding carboxylic acids is 1. The van der Waals surface area contributed by atoms with Gasteiger partial charge >= 0.3 is 0 Å². The molecule has 0 radical (unpaired) electrons. The van der Waals surface area contributed by atoms with Crippen LogP contribution in [0.2, 0.25) is 0 Å². The van der Waals surface area contributed by atoms with E-state index in [0.29, 0.717) is 30.2 Å². The Kier molecular flexibility index (Phi) is 5.52. The lowest BCUT2D eigenvalue weighted by molar-refractivity contribution is 0.0945. The van der Waals surface area contributed by atoms with Crippen LogP contribution in [0.3, 0.4) is 0 Å². The Morgan fingerprint density at radius 2 is 1.85 bits per heavy atom. The number of rotatable bonds is 6. The second-order valence-electron chi connectivity index (χ2n) is 5.93. The van der Waals surface area contributed by atoms with E-state index in [-0.39, 0.29) is 5.91 Å². The number of carbonyl (C=O) groups is 1. The number of nitrogens with zero attached hydrogens (tertiary/aromatic N) is 1. The first-order valence-corrected chi connectivity index (χ1v) is 9.08. The van der Waals surface area contributed by atoms with Crippen molar-refractivity contribution < 1.29 is 14.3 Å². The summed E-state index contributed by atoms with van der Waals surface area (Å²) in [5.41, 5.74) is 2.71. The summed E-state index contributed by atoms with van der Waals surface area (Å²) in [6.07, 6.45) is 0.702. The molecule has 1 amide bonds. The number of amides is 1. The van der Waals surface area contributed by atoms with Crippen LogP contribution in [-0.2, 0) is 13.5 Å². The van der Waals surface area contributed by atoms with Gasteiger partial charge in [-0.1, -0.05) is 24.3 Å². The lowest BCUT2D eigenvalue weighted by Crippen LogP contribution is -2.27. The topological polar surface area (TPSA) is 52.5 Å². The Balaban J connectivity index is 1.70. The van der Waals surface area contributed by atoms with Gasteiger partial charge in [-0.3, -0.25) is 4.79 Å². The highest BCUT2D eigenvalue weighted by molar-refractivity contribution is 9.10. The van der Waals surface area contributed by atoms with Gasteiger partial charge in [-0.15, -0.1) is 0 Å². The molecule has 0 saturated heterocycles. The number of aromatic nitrogens is 1. The van der Waals surface area contributed by atoms with E-state index in [1.54, 1.807) is 14.2 Å². The Hall–Kier alpha value is -2.47. The van der Waals surface area contributed by atoms with E-state index in [9.17, 15) is 4.79 Å². The standard InChI is InChI=1S/C20H21BrN2O3/c1-23-15-7-5-4-6-14(15)18(21)19(23)20(24)22-11-10-13-8-9-16(25-2)17(12-13)26-3/h4-9,12H,10-11H2,1-3H3,(H,22,24). The van der Waals surface area contributed by atoms with Crippen molar-refractivity contribution in [2.75, 3.05) is 20.8 Å². The van der Waals surface area contributed by atoms with Crippen molar-refractivity contribution in [3.8, 4) is 11.5 Å². The van der Waals surface area contributed by atoms with Gasteiger partial charge in [0.25, 0.3) is 5.91 Å². The average molecular weight is 417 g/mol. The number of halogens is 1. The molecule has 0 aliphatic heterocycles. The lowest BCUT2D eigenvalue weighted by Gasteiger charge is -2.10. The van der Waals surface area contributed by atoms with Gasteiger partial charge in [0, 0.05) is 24.5 Å². The summed E-state index contributed by atoms with van der Waals surface area (Å²) in [6.45, 7) is 0.530. The molecule has 0 bridgehead atoms. The summed E-state index contributed by atoms with van der Waals surface area (Å²) in [7, 11) is 5.12. The molecule has 0 aliphatic rings. The van der Waals surface area contributed by atoms with Crippen LogP contribution in [0.5, 0.6) is 11.5 Å². The molecule has 2 aromatic carbocycles. The monoisotopic (exact) mass is 416 g/mol. The molecule has 3 aromatic rings. The van der Waals surface area contributed by atoms with E-state index in [1.165, 1.54) is 0 Å². The number of para-hydroxylation sites is 1. The summed E-state index contributed by atoms with van der Waals surface area (Å²) < 4.78 is 13.3. The molecule has 5 nitrogen and oxygen atoms in total. The number of hydrogen-bond acceptors (Lipinski definition) is 3. The maximum absolute atomic E-state index is 12.7. The van der Waals surface area contributed by atoms with Gasteiger partial charge in [-0.2, -0.15) is 0 Å². The van der Waals surface area contributed by atoms with E-state index in [2.05, 4.69) is 21.2 Å². The minimum Gasteiger partial charge on any atom is -0.493 e. The van der Waals surface area contributed by atoms with Crippen LogP contribution in [0.4, 0.5) is 0 Å². The summed E-state index contributed by atoms with van der Waals surface area (Å²) in [4.78, 5) is 12.7. The van der Waals surface area contributed by atoms with Gasteiger partial charge < -0.3 is 19.4 Å². The molecule has 26 heavy (non-hydrogen) atoms. The van der Waals surface area contributed by atoms with Crippen LogP contribution in [0, 0.1) is 0 Å². The Morgan fingerprint density at radius 1 is 1.12 bits per heavy atom. The van der Waals surface area contributed by atoms with Gasteiger partial charge in [0.1, 0.15) is 5.69 Å². The van der Waals surface area contributed by atoms with Crippen molar-refractivity contribution in [1.82, 2.24) is 9.88 Å². The quantitative estimate of drug-likeness (QED) is 0.662. The van der Waals surface area contributed by atoms with Crippen molar-refractivity contribution >= 4 is 32.7 Å². The van der Waals surface area contributed by atoms with Crippen LogP contribution in [0.15, 0.2) is 46.9 Å². The number of fused-ring (bicyclic) bond motifs is 1. The zero-order chi connectivity index (χ0) is 18.7. The van der Waals surface area contributed by atoms with Gasteiger partial charge in [0.15, 0.2) is 11.5 Å². The fourth-order valence-corrected chi connectivity index (χ4v) is 3.82.